The van der Waals surface area contributed by atoms with Gasteiger partial charge < -0.3 is 10.2 Å². The molecule has 0 saturated carbocycles. The zero-order chi connectivity index (χ0) is 18.7. The molecule has 5 nitrogen and oxygen atoms in total. The minimum Gasteiger partial charge on any atom is -0.390 e. The van der Waals surface area contributed by atoms with Crippen molar-refractivity contribution in [2.45, 2.75) is 71.9 Å². The highest BCUT2D eigenvalue weighted by molar-refractivity contribution is 5.29. The van der Waals surface area contributed by atoms with Crippen LogP contribution in [0.3, 0.4) is 0 Å². The minimum absolute atomic E-state index is 0.0130. The maximum absolute atomic E-state index is 9.86. The normalized spacial score (nSPS) is 15.3. The molecule has 5 heteroatoms. The van der Waals surface area contributed by atoms with Crippen LogP contribution < -0.4 is 0 Å². The van der Waals surface area contributed by atoms with Gasteiger partial charge in [-0.25, -0.2) is 0 Å². The van der Waals surface area contributed by atoms with Crippen LogP contribution in [-0.2, 0) is 39.1 Å². The third kappa shape index (κ3) is 4.53. The lowest BCUT2D eigenvalue weighted by molar-refractivity contribution is 0.0714. The zero-order valence-corrected chi connectivity index (χ0v) is 16.2. The highest BCUT2D eigenvalue weighted by atomic mass is 16.3. The van der Waals surface area contributed by atoms with E-state index in [4.69, 9.17) is 0 Å². The second-order valence-corrected chi connectivity index (χ2v) is 7.94. The van der Waals surface area contributed by atoms with Crippen LogP contribution in [0.5, 0.6) is 0 Å². The molecule has 3 rings (SSSR count). The van der Waals surface area contributed by atoms with E-state index in [2.05, 4.69) is 41.2 Å². The summed E-state index contributed by atoms with van der Waals surface area (Å²) in [5.41, 5.74) is 5.28. The molecule has 0 saturated heterocycles. The van der Waals surface area contributed by atoms with Gasteiger partial charge in [-0.05, 0) is 44.7 Å². The van der Waals surface area contributed by atoms with Crippen LogP contribution in [0.25, 0.3) is 0 Å². The Morgan fingerprint density at radius 3 is 2.46 bits per heavy atom. The molecule has 0 atom stereocenters. The molecular weight excluding hydrogens is 326 g/mol. The highest BCUT2D eigenvalue weighted by Crippen LogP contribution is 2.24. The molecule has 2 heterocycles. The first-order valence-electron chi connectivity index (χ1n) is 9.60. The van der Waals surface area contributed by atoms with Crippen LogP contribution in [0.2, 0.25) is 0 Å². The Labute approximate surface area is 156 Å². The van der Waals surface area contributed by atoms with Crippen LogP contribution in [0.4, 0.5) is 0 Å². The van der Waals surface area contributed by atoms with Crippen LogP contribution in [-0.4, -0.2) is 37.0 Å². The third-order valence-electron chi connectivity index (χ3n) is 5.20. The monoisotopic (exact) mass is 357 g/mol. The summed E-state index contributed by atoms with van der Waals surface area (Å²) in [5.74, 6) is 0. The molecule has 2 aromatic rings. The van der Waals surface area contributed by atoms with Crippen molar-refractivity contribution in [1.82, 2.24) is 14.7 Å². The molecule has 0 aliphatic carbocycles. The van der Waals surface area contributed by atoms with Gasteiger partial charge in [0.25, 0.3) is 0 Å². The van der Waals surface area contributed by atoms with Crippen molar-refractivity contribution in [2.24, 2.45) is 0 Å². The standard InChI is InChI=1S/C21H31N3O2/c1-4-24-20-10-12-23(14-18(20)19(15-25)22-24)13-17-7-5-16(6-8-17)9-11-21(2,3)26/h5-8,25-26H,4,9-15H2,1-3H3. The Morgan fingerprint density at radius 1 is 1.15 bits per heavy atom. The molecule has 0 bridgehead atoms. The molecule has 142 valence electrons. The van der Waals surface area contributed by atoms with E-state index in [0.717, 1.165) is 51.1 Å². The van der Waals surface area contributed by atoms with E-state index in [1.54, 1.807) is 0 Å². The largest absolute Gasteiger partial charge is 0.390 e. The Morgan fingerprint density at radius 2 is 1.85 bits per heavy atom. The summed E-state index contributed by atoms with van der Waals surface area (Å²) >= 11 is 0. The lowest BCUT2D eigenvalue weighted by atomic mass is 9.98. The summed E-state index contributed by atoms with van der Waals surface area (Å²) in [6.07, 6.45) is 2.65. The molecule has 1 aromatic carbocycles. The quantitative estimate of drug-likeness (QED) is 0.800. The topological polar surface area (TPSA) is 61.5 Å². The molecule has 1 aromatic heterocycles. The summed E-state index contributed by atoms with van der Waals surface area (Å²) in [6, 6.07) is 8.73. The first-order valence-corrected chi connectivity index (χ1v) is 9.60. The van der Waals surface area contributed by atoms with E-state index in [1.165, 1.54) is 22.4 Å². The number of hydrogen-bond acceptors (Lipinski definition) is 4. The second-order valence-electron chi connectivity index (χ2n) is 7.94. The van der Waals surface area contributed by atoms with Crippen LogP contribution in [0.1, 0.15) is 55.3 Å². The molecular formula is C21H31N3O2. The number of rotatable bonds is 7. The molecule has 0 unspecified atom stereocenters. The fourth-order valence-corrected chi connectivity index (χ4v) is 3.66. The summed E-state index contributed by atoms with van der Waals surface area (Å²) in [5, 5.41) is 24.0. The predicted octanol–water partition coefficient (Wildman–Crippen LogP) is 2.66. The average Bonchev–Trinajstić information content (AvgIpc) is 2.98. The first kappa shape index (κ1) is 19.1. The smallest absolute Gasteiger partial charge is 0.0926 e. The number of aliphatic hydroxyl groups is 2. The molecule has 0 spiro atoms. The van der Waals surface area contributed by atoms with Crippen molar-refractivity contribution in [3.05, 3.63) is 52.3 Å². The van der Waals surface area contributed by atoms with Crippen molar-refractivity contribution < 1.29 is 10.2 Å². The number of aryl methyl sites for hydroxylation is 2. The lowest BCUT2D eigenvalue weighted by Gasteiger charge is -2.27. The zero-order valence-electron chi connectivity index (χ0n) is 16.2. The SMILES string of the molecule is CCn1nc(CO)c2c1CCN(Cc1ccc(CCC(C)(C)O)cc1)C2. The van der Waals surface area contributed by atoms with E-state index in [0.29, 0.717) is 0 Å². The number of nitrogens with zero attached hydrogens (tertiary/aromatic N) is 3. The van der Waals surface area contributed by atoms with Crippen molar-refractivity contribution in [3.8, 4) is 0 Å². The molecule has 0 amide bonds. The van der Waals surface area contributed by atoms with Crippen molar-refractivity contribution in [1.29, 1.82) is 0 Å². The molecule has 1 aliphatic rings. The van der Waals surface area contributed by atoms with Gasteiger partial charge in [0.05, 0.1) is 17.9 Å². The van der Waals surface area contributed by atoms with Gasteiger partial charge in [0.2, 0.25) is 0 Å². The molecule has 26 heavy (non-hydrogen) atoms. The van der Waals surface area contributed by atoms with E-state index >= 15 is 0 Å². The van der Waals surface area contributed by atoms with Crippen molar-refractivity contribution in [2.75, 3.05) is 6.54 Å². The summed E-state index contributed by atoms with van der Waals surface area (Å²) in [7, 11) is 0. The van der Waals surface area contributed by atoms with Gasteiger partial charge in [-0.15, -0.1) is 0 Å². The minimum atomic E-state index is -0.614. The van der Waals surface area contributed by atoms with Gasteiger partial charge in [-0.2, -0.15) is 5.10 Å². The number of aromatic nitrogens is 2. The van der Waals surface area contributed by atoms with Crippen LogP contribution in [0, 0.1) is 0 Å². The predicted molar refractivity (Wildman–Crippen MR) is 103 cm³/mol. The summed E-state index contributed by atoms with van der Waals surface area (Å²) in [4.78, 5) is 2.43. The fraction of sp³-hybridized carbons (Fsp3) is 0.571. The number of benzene rings is 1. The number of aliphatic hydroxyl groups excluding tert-OH is 1. The second kappa shape index (κ2) is 7.91. The Kier molecular flexibility index (Phi) is 5.80. The van der Waals surface area contributed by atoms with Crippen molar-refractivity contribution in [3.63, 3.8) is 0 Å². The van der Waals surface area contributed by atoms with Crippen LogP contribution >= 0.6 is 0 Å². The Bertz CT molecular complexity index is 729. The summed E-state index contributed by atoms with van der Waals surface area (Å²) in [6.45, 7) is 9.46. The maximum Gasteiger partial charge on any atom is 0.0926 e. The Hall–Kier alpha value is -1.69. The Balaban J connectivity index is 1.63. The molecule has 0 radical (unpaired) electrons. The number of fused-ring (bicyclic) bond motifs is 1. The van der Waals surface area contributed by atoms with Crippen molar-refractivity contribution >= 4 is 0 Å². The van der Waals surface area contributed by atoms with E-state index in [9.17, 15) is 10.2 Å². The van der Waals surface area contributed by atoms with E-state index < -0.39 is 5.60 Å². The van der Waals surface area contributed by atoms with E-state index in [1.807, 2.05) is 18.5 Å². The summed E-state index contributed by atoms with van der Waals surface area (Å²) < 4.78 is 2.04. The van der Waals surface area contributed by atoms with Gasteiger partial charge in [-0.3, -0.25) is 9.58 Å². The van der Waals surface area contributed by atoms with Gasteiger partial charge in [0.15, 0.2) is 0 Å². The lowest BCUT2D eigenvalue weighted by Crippen LogP contribution is -2.31. The molecule has 0 fully saturated rings. The van der Waals surface area contributed by atoms with Crippen LogP contribution in [0.15, 0.2) is 24.3 Å². The maximum atomic E-state index is 9.86. The van der Waals surface area contributed by atoms with Gasteiger partial charge in [-0.1, -0.05) is 24.3 Å². The van der Waals surface area contributed by atoms with Gasteiger partial charge >= 0.3 is 0 Å². The molecule has 2 N–H and O–H groups in total. The average molecular weight is 357 g/mol. The fourth-order valence-electron chi connectivity index (χ4n) is 3.66. The first-order chi connectivity index (χ1) is 12.4. The molecule has 1 aliphatic heterocycles. The van der Waals surface area contributed by atoms with E-state index in [-0.39, 0.29) is 6.61 Å². The van der Waals surface area contributed by atoms with Gasteiger partial charge in [0, 0.05) is 43.9 Å². The highest BCUT2D eigenvalue weighted by Gasteiger charge is 2.24. The third-order valence-corrected chi connectivity index (χ3v) is 5.20. The number of hydrogen-bond donors (Lipinski definition) is 2. The van der Waals surface area contributed by atoms with Gasteiger partial charge in [0.1, 0.15) is 0 Å².